The number of aromatic nitrogens is 4. The van der Waals surface area contributed by atoms with Crippen LogP contribution in [0.1, 0.15) is 12.8 Å². The molecule has 3 aromatic heterocycles. The Kier molecular flexibility index (Phi) is 3.97. The highest BCUT2D eigenvalue weighted by molar-refractivity contribution is 7.89. The van der Waals surface area contributed by atoms with E-state index in [2.05, 4.69) is 9.97 Å². The Bertz CT molecular complexity index is 953. The number of nitrogens with zero attached hydrogens (tertiary/aromatic N) is 5. The van der Waals surface area contributed by atoms with E-state index in [4.69, 9.17) is 4.74 Å². The Balaban J connectivity index is 1.42. The molecule has 4 heterocycles. The molecule has 3 aromatic rings. The molecular weight excluding hydrogens is 342 g/mol. The predicted octanol–water partition coefficient (Wildman–Crippen LogP) is 1.30. The molecule has 1 aliphatic heterocycles. The van der Waals surface area contributed by atoms with Gasteiger partial charge in [0.05, 0.1) is 6.20 Å². The topological polar surface area (TPSA) is 81.7 Å². The Morgan fingerprint density at radius 3 is 2.68 bits per heavy atom. The number of piperidine rings is 1. The number of imidazole rings is 2. The third-order valence-electron chi connectivity index (χ3n) is 4.38. The molecule has 0 aliphatic carbocycles. The molecule has 0 unspecified atom stereocenters. The summed E-state index contributed by atoms with van der Waals surface area (Å²) in [6, 6.07) is 5.77. The molecule has 1 saturated heterocycles. The summed E-state index contributed by atoms with van der Waals surface area (Å²) in [5.74, 6) is 0.566. The van der Waals surface area contributed by atoms with Gasteiger partial charge in [0.25, 0.3) is 10.0 Å². The fourth-order valence-electron chi connectivity index (χ4n) is 3.05. The quantitative estimate of drug-likeness (QED) is 0.700. The van der Waals surface area contributed by atoms with Crippen LogP contribution in [0.3, 0.4) is 0 Å². The molecule has 4 rings (SSSR count). The van der Waals surface area contributed by atoms with Gasteiger partial charge in [0, 0.05) is 38.7 Å². The van der Waals surface area contributed by atoms with Crippen molar-refractivity contribution in [2.24, 2.45) is 7.05 Å². The maximum Gasteiger partial charge on any atom is 0.277 e. The number of hydrogen-bond acceptors (Lipinski definition) is 5. The lowest BCUT2D eigenvalue weighted by Gasteiger charge is -2.30. The van der Waals surface area contributed by atoms with Gasteiger partial charge in [0.2, 0.25) is 11.0 Å². The molecule has 0 amide bonds. The van der Waals surface area contributed by atoms with E-state index in [1.807, 2.05) is 35.0 Å². The SMILES string of the molecule is Cn1ccnc1S(=O)(=O)N1CCC(Oc2cn3ccccc3n2)CC1. The molecule has 0 bridgehead atoms. The van der Waals surface area contributed by atoms with Gasteiger partial charge in [-0.25, -0.2) is 13.4 Å². The first-order valence-electron chi connectivity index (χ1n) is 8.12. The maximum atomic E-state index is 12.6. The Morgan fingerprint density at radius 1 is 1.20 bits per heavy atom. The van der Waals surface area contributed by atoms with Gasteiger partial charge in [-0.05, 0) is 25.0 Å². The molecule has 132 valence electrons. The summed E-state index contributed by atoms with van der Waals surface area (Å²) in [5, 5.41) is 0.0761. The van der Waals surface area contributed by atoms with E-state index in [1.165, 1.54) is 15.1 Å². The molecule has 8 nitrogen and oxygen atoms in total. The van der Waals surface area contributed by atoms with Crippen molar-refractivity contribution in [3.8, 4) is 5.88 Å². The van der Waals surface area contributed by atoms with Gasteiger partial charge in [-0.1, -0.05) is 6.07 Å². The lowest BCUT2D eigenvalue weighted by atomic mass is 10.1. The zero-order chi connectivity index (χ0) is 17.4. The third-order valence-corrected chi connectivity index (χ3v) is 6.28. The summed E-state index contributed by atoms with van der Waals surface area (Å²) in [6.07, 6.45) is 8.08. The van der Waals surface area contributed by atoms with Crippen LogP contribution in [0, 0.1) is 0 Å². The summed E-state index contributed by atoms with van der Waals surface area (Å²) < 4.78 is 36.1. The van der Waals surface area contributed by atoms with Crippen LogP contribution < -0.4 is 4.74 Å². The maximum absolute atomic E-state index is 12.6. The molecule has 0 radical (unpaired) electrons. The average molecular weight is 361 g/mol. The highest BCUT2D eigenvalue weighted by Crippen LogP contribution is 2.22. The summed E-state index contributed by atoms with van der Waals surface area (Å²) in [7, 11) is -1.88. The first kappa shape index (κ1) is 16.1. The van der Waals surface area contributed by atoms with Crippen molar-refractivity contribution in [1.29, 1.82) is 0 Å². The van der Waals surface area contributed by atoms with Crippen LogP contribution in [-0.4, -0.2) is 50.9 Å². The van der Waals surface area contributed by atoms with E-state index in [1.54, 1.807) is 13.2 Å². The molecule has 0 atom stereocenters. The largest absolute Gasteiger partial charge is 0.473 e. The molecule has 9 heteroatoms. The van der Waals surface area contributed by atoms with E-state index in [0.717, 1.165) is 5.65 Å². The number of fused-ring (bicyclic) bond motifs is 1. The van der Waals surface area contributed by atoms with Crippen LogP contribution >= 0.6 is 0 Å². The van der Waals surface area contributed by atoms with E-state index < -0.39 is 10.0 Å². The number of ether oxygens (including phenoxy) is 1. The fraction of sp³-hybridized carbons (Fsp3) is 0.375. The second-order valence-electron chi connectivity index (χ2n) is 6.09. The van der Waals surface area contributed by atoms with Crippen molar-refractivity contribution >= 4 is 15.7 Å². The number of rotatable bonds is 4. The molecule has 0 N–H and O–H groups in total. The first-order chi connectivity index (χ1) is 12.0. The minimum Gasteiger partial charge on any atom is -0.473 e. The van der Waals surface area contributed by atoms with Crippen LogP contribution in [0.5, 0.6) is 5.88 Å². The molecule has 0 saturated carbocycles. The minimum absolute atomic E-state index is 0.0438. The number of hydrogen-bond donors (Lipinski definition) is 0. The van der Waals surface area contributed by atoms with E-state index >= 15 is 0 Å². The minimum atomic E-state index is -3.56. The Hall–Kier alpha value is -2.39. The van der Waals surface area contributed by atoms with Crippen LogP contribution in [0.4, 0.5) is 0 Å². The second-order valence-corrected chi connectivity index (χ2v) is 7.92. The summed E-state index contributed by atoms with van der Waals surface area (Å²) >= 11 is 0. The van der Waals surface area contributed by atoms with Gasteiger partial charge in [-0.2, -0.15) is 9.29 Å². The molecule has 0 aromatic carbocycles. The lowest BCUT2D eigenvalue weighted by Crippen LogP contribution is -2.42. The first-order valence-corrected chi connectivity index (χ1v) is 9.56. The monoisotopic (exact) mass is 361 g/mol. The zero-order valence-electron chi connectivity index (χ0n) is 13.8. The zero-order valence-corrected chi connectivity index (χ0v) is 14.6. The van der Waals surface area contributed by atoms with Crippen molar-refractivity contribution < 1.29 is 13.2 Å². The number of sulfonamides is 1. The van der Waals surface area contributed by atoms with Gasteiger partial charge < -0.3 is 13.7 Å². The van der Waals surface area contributed by atoms with Gasteiger partial charge in [-0.3, -0.25) is 0 Å². The second kappa shape index (κ2) is 6.16. The Morgan fingerprint density at radius 2 is 2.00 bits per heavy atom. The smallest absolute Gasteiger partial charge is 0.277 e. The van der Waals surface area contributed by atoms with Crippen molar-refractivity contribution in [1.82, 2.24) is 23.2 Å². The van der Waals surface area contributed by atoms with Gasteiger partial charge >= 0.3 is 0 Å². The number of pyridine rings is 1. The lowest BCUT2D eigenvalue weighted by molar-refractivity contribution is 0.130. The highest BCUT2D eigenvalue weighted by atomic mass is 32.2. The van der Waals surface area contributed by atoms with Gasteiger partial charge in [0.15, 0.2) is 0 Å². The fourth-order valence-corrected chi connectivity index (χ4v) is 4.59. The van der Waals surface area contributed by atoms with Crippen LogP contribution in [0.2, 0.25) is 0 Å². The standard InChI is InChI=1S/C16H19N5O3S/c1-19-11-7-17-16(19)25(22,23)21-9-5-13(6-10-21)24-15-12-20-8-3-2-4-14(20)18-15/h2-4,7-8,11-13H,5-6,9-10H2,1H3. The van der Waals surface area contributed by atoms with Crippen molar-refractivity contribution in [2.75, 3.05) is 13.1 Å². The third kappa shape index (κ3) is 3.00. The van der Waals surface area contributed by atoms with Crippen LogP contribution in [0.15, 0.2) is 48.1 Å². The van der Waals surface area contributed by atoms with Gasteiger partial charge in [-0.15, -0.1) is 0 Å². The summed E-state index contributed by atoms with van der Waals surface area (Å²) in [5.41, 5.74) is 0.826. The van der Waals surface area contributed by atoms with E-state index in [-0.39, 0.29) is 11.3 Å². The van der Waals surface area contributed by atoms with Gasteiger partial charge in [0.1, 0.15) is 11.8 Å². The average Bonchev–Trinajstić information content (AvgIpc) is 3.21. The molecule has 0 spiro atoms. The summed E-state index contributed by atoms with van der Waals surface area (Å²) in [4.78, 5) is 8.39. The molecule has 1 aliphatic rings. The van der Waals surface area contributed by atoms with E-state index in [9.17, 15) is 8.42 Å². The summed E-state index contributed by atoms with van der Waals surface area (Å²) in [6.45, 7) is 0.820. The predicted molar refractivity (Wildman–Crippen MR) is 90.8 cm³/mol. The highest BCUT2D eigenvalue weighted by Gasteiger charge is 2.32. The molecule has 25 heavy (non-hydrogen) atoms. The van der Waals surface area contributed by atoms with Crippen molar-refractivity contribution in [2.45, 2.75) is 24.1 Å². The Labute approximate surface area is 145 Å². The van der Waals surface area contributed by atoms with Crippen molar-refractivity contribution in [3.63, 3.8) is 0 Å². The number of aryl methyl sites for hydroxylation is 1. The molecular formula is C16H19N5O3S. The van der Waals surface area contributed by atoms with Crippen molar-refractivity contribution in [3.05, 3.63) is 43.0 Å². The van der Waals surface area contributed by atoms with Crippen LogP contribution in [0.25, 0.3) is 5.65 Å². The molecule has 1 fully saturated rings. The van der Waals surface area contributed by atoms with E-state index in [0.29, 0.717) is 31.8 Å². The van der Waals surface area contributed by atoms with Crippen LogP contribution in [-0.2, 0) is 17.1 Å². The normalized spacial score (nSPS) is 17.2.